The molecule has 0 aliphatic heterocycles. The van der Waals surface area contributed by atoms with Gasteiger partial charge in [-0.15, -0.1) is 0 Å². The van der Waals surface area contributed by atoms with Crippen molar-refractivity contribution in [2.24, 2.45) is 0 Å². The van der Waals surface area contributed by atoms with E-state index in [0.717, 1.165) is 25.0 Å². The van der Waals surface area contributed by atoms with E-state index in [2.05, 4.69) is 12.1 Å². The van der Waals surface area contributed by atoms with E-state index in [1.54, 1.807) is 10.6 Å². The van der Waals surface area contributed by atoms with Crippen LogP contribution in [0.1, 0.15) is 29.7 Å². The SMILES string of the molecule is Cc1ccc(C#N)c(=O)n1CCCCc1ccccc1. The number of nitrogens with zero attached hydrogens (tertiary/aromatic N) is 2. The molecule has 0 saturated carbocycles. The molecule has 0 aliphatic rings. The minimum atomic E-state index is -0.174. The van der Waals surface area contributed by atoms with Gasteiger partial charge in [-0.25, -0.2) is 0 Å². The summed E-state index contributed by atoms with van der Waals surface area (Å²) in [7, 11) is 0. The second-order valence-corrected chi connectivity index (χ2v) is 4.90. The predicted octanol–water partition coefficient (Wildman–Crippen LogP) is 3.05. The Morgan fingerprint density at radius 3 is 2.55 bits per heavy atom. The summed E-state index contributed by atoms with van der Waals surface area (Å²) >= 11 is 0. The monoisotopic (exact) mass is 266 g/mol. The molecule has 102 valence electrons. The molecule has 0 bridgehead atoms. The maximum atomic E-state index is 12.0. The van der Waals surface area contributed by atoms with Gasteiger partial charge in [0.2, 0.25) is 0 Å². The normalized spacial score (nSPS) is 10.2. The Balaban J connectivity index is 1.95. The van der Waals surface area contributed by atoms with Crippen LogP contribution in [0.4, 0.5) is 0 Å². The van der Waals surface area contributed by atoms with Crippen LogP contribution in [0.2, 0.25) is 0 Å². The Labute approximate surface area is 119 Å². The van der Waals surface area contributed by atoms with Crippen LogP contribution in [0.5, 0.6) is 0 Å². The minimum Gasteiger partial charge on any atom is -0.312 e. The molecule has 1 heterocycles. The third-order valence-corrected chi connectivity index (χ3v) is 3.45. The Morgan fingerprint density at radius 1 is 1.10 bits per heavy atom. The van der Waals surface area contributed by atoms with Crippen LogP contribution < -0.4 is 5.56 Å². The Bertz CT molecular complexity index is 666. The molecule has 3 nitrogen and oxygen atoms in total. The Kier molecular flexibility index (Phi) is 4.73. The number of aromatic nitrogens is 1. The lowest BCUT2D eigenvalue weighted by atomic mass is 10.1. The van der Waals surface area contributed by atoms with Gasteiger partial charge in [-0.05, 0) is 43.9 Å². The van der Waals surface area contributed by atoms with Gasteiger partial charge in [0.1, 0.15) is 11.6 Å². The average Bonchev–Trinajstić information content (AvgIpc) is 2.47. The highest BCUT2D eigenvalue weighted by molar-refractivity contribution is 5.27. The summed E-state index contributed by atoms with van der Waals surface area (Å²) in [5.74, 6) is 0. The molecule has 0 radical (unpaired) electrons. The highest BCUT2D eigenvalue weighted by Gasteiger charge is 2.05. The first-order valence-electron chi connectivity index (χ1n) is 6.87. The van der Waals surface area contributed by atoms with Crippen molar-refractivity contribution >= 4 is 0 Å². The molecule has 0 N–H and O–H groups in total. The van der Waals surface area contributed by atoms with Gasteiger partial charge in [0.05, 0.1) is 0 Å². The number of hydrogen-bond acceptors (Lipinski definition) is 2. The van der Waals surface area contributed by atoms with Gasteiger partial charge in [0.15, 0.2) is 0 Å². The Morgan fingerprint density at radius 2 is 1.85 bits per heavy atom. The molecule has 1 aromatic heterocycles. The molecular formula is C17H18N2O. The molecule has 0 amide bonds. The lowest BCUT2D eigenvalue weighted by Crippen LogP contribution is -2.24. The average molecular weight is 266 g/mol. The van der Waals surface area contributed by atoms with Crippen molar-refractivity contribution in [3.8, 4) is 6.07 Å². The number of nitriles is 1. The predicted molar refractivity (Wildman–Crippen MR) is 79.5 cm³/mol. The molecule has 2 rings (SSSR count). The summed E-state index contributed by atoms with van der Waals surface area (Å²) in [6.45, 7) is 2.58. The van der Waals surface area contributed by atoms with Crippen LogP contribution in [-0.4, -0.2) is 4.57 Å². The van der Waals surface area contributed by atoms with Gasteiger partial charge in [-0.1, -0.05) is 30.3 Å². The van der Waals surface area contributed by atoms with E-state index >= 15 is 0 Å². The fraction of sp³-hybridized carbons (Fsp3) is 0.294. The largest absolute Gasteiger partial charge is 0.312 e. The summed E-state index contributed by atoms with van der Waals surface area (Å²) in [4.78, 5) is 12.0. The Hall–Kier alpha value is -2.34. The lowest BCUT2D eigenvalue weighted by Gasteiger charge is -2.10. The van der Waals surface area contributed by atoms with Gasteiger partial charge in [0, 0.05) is 12.2 Å². The molecule has 0 spiro atoms. The zero-order valence-corrected chi connectivity index (χ0v) is 11.7. The van der Waals surface area contributed by atoms with E-state index in [1.165, 1.54) is 5.56 Å². The van der Waals surface area contributed by atoms with E-state index < -0.39 is 0 Å². The number of rotatable bonds is 5. The first kappa shape index (κ1) is 14.1. The number of pyridine rings is 1. The maximum Gasteiger partial charge on any atom is 0.268 e. The van der Waals surface area contributed by atoms with Crippen molar-refractivity contribution in [2.75, 3.05) is 0 Å². The van der Waals surface area contributed by atoms with E-state index in [0.29, 0.717) is 6.54 Å². The van der Waals surface area contributed by atoms with E-state index in [4.69, 9.17) is 5.26 Å². The fourth-order valence-corrected chi connectivity index (χ4v) is 2.28. The lowest BCUT2D eigenvalue weighted by molar-refractivity contribution is 0.580. The zero-order chi connectivity index (χ0) is 14.4. The third-order valence-electron chi connectivity index (χ3n) is 3.45. The molecule has 0 fully saturated rings. The smallest absolute Gasteiger partial charge is 0.268 e. The zero-order valence-electron chi connectivity index (χ0n) is 11.7. The first-order valence-corrected chi connectivity index (χ1v) is 6.87. The molecule has 0 aliphatic carbocycles. The van der Waals surface area contributed by atoms with Crippen LogP contribution in [0, 0.1) is 18.3 Å². The summed E-state index contributed by atoms with van der Waals surface area (Å²) in [6.07, 6.45) is 2.99. The molecule has 2 aromatic rings. The standard InChI is InChI=1S/C17H18N2O/c1-14-10-11-16(13-18)17(20)19(14)12-6-5-9-15-7-3-2-4-8-15/h2-4,7-8,10-11H,5-6,9,12H2,1H3. The van der Waals surface area contributed by atoms with Crippen LogP contribution in [-0.2, 0) is 13.0 Å². The summed E-state index contributed by atoms with van der Waals surface area (Å²) in [6, 6.07) is 15.7. The number of benzene rings is 1. The third kappa shape index (κ3) is 3.36. The van der Waals surface area contributed by atoms with Gasteiger partial charge in [-0.3, -0.25) is 4.79 Å². The van der Waals surface area contributed by atoms with Crippen molar-refractivity contribution < 1.29 is 0 Å². The quantitative estimate of drug-likeness (QED) is 0.781. The van der Waals surface area contributed by atoms with Gasteiger partial charge < -0.3 is 4.57 Å². The van der Waals surface area contributed by atoms with Gasteiger partial charge >= 0.3 is 0 Å². The highest BCUT2D eigenvalue weighted by Crippen LogP contribution is 2.06. The van der Waals surface area contributed by atoms with E-state index in [9.17, 15) is 4.79 Å². The summed E-state index contributed by atoms with van der Waals surface area (Å²) in [5, 5.41) is 8.89. The molecule has 3 heteroatoms. The van der Waals surface area contributed by atoms with Gasteiger partial charge in [-0.2, -0.15) is 5.26 Å². The molecular weight excluding hydrogens is 248 g/mol. The van der Waals surface area contributed by atoms with Crippen LogP contribution in [0.3, 0.4) is 0 Å². The molecule has 0 saturated heterocycles. The number of aryl methyl sites for hydroxylation is 2. The maximum absolute atomic E-state index is 12.0. The minimum absolute atomic E-state index is 0.174. The topological polar surface area (TPSA) is 45.8 Å². The molecule has 20 heavy (non-hydrogen) atoms. The van der Waals surface area contributed by atoms with E-state index in [-0.39, 0.29) is 11.1 Å². The van der Waals surface area contributed by atoms with Crippen molar-refractivity contribution in [1.29, 1.82) is 5.26 Å². The highest BCUT2D eigenvalue weighted by atomic mass is 16.1. The summed E-state index contributed by atoms with van der Waals surface area (Å²) < 4.78 is 1.70. The molecule has 0 atom stereocenters. The number of unbranched alkanes of at least 4 members (excludes halogenated alkanes) is 1. The first-order chi connectivity index (χ1) is 9.72. The number of hydrogen-bond donors (Lipinski definition) is 0. The molecule has 1 aromatic carbocycles. The fourth-order valence-electron chi connectivity index (χ4n) is 2.28. The van der Waals surface area contributed by atoms with Crippen molar-refractivity contribution in [3.63, 3.8) is 0 Å². The second-order valence-electron chi connectivity index (χ2n) is 4.90. The summed E-state index contributed by atoms with van der Waals surface area (Å²) in [5.41, 5.74) is 2.28. The van der Waals surface area contributed by atoms with Crippen molar-refractivity contribution in [3.05, 3.63) is 69.6 Å². The van der Waals surface area contributed by atoms with Gasteiger partial charge in [0.25, 0.3) is 5.56 Å². The second kappa shape index (κ2) is 6.72. The van der Waals surface area contributed by atoms with Crippen molar-refractivity contribution in [1.82, 2.24) is 4.57 Å². The van der Waals surface area contributed by atoms with Crippen LogP contribution >= 0.6 is 0 Å². The van der Waals surface area contributed by atoms with Crippen LogP contribution in [0.25, 0.3) is 0 Å². The van der Waals surface area contributed by atoms with E-state index in [1.807, 2.05) is 37.3 Å². The van der Waals surface area contributed by atoms with Crippen molar-refractivity contribution in [2.45, 2.75) is 32.7 Å². The van der Waals surface area contributed by atoms with Crippen LogP contribution in [0.15, 0.2) is 47.3 Å². The molecule has 0 unspecified atom stereocenters.